The molecule has 0 saturated carbocycles. The molecule has 1 heterocycles. The Labute approximate surface area is 163 Å². The number of halogens is 1. The van der Waals surface area contributed by atoms with E-state index in [1.54, 1.807) is 37.5 Å². The number of nitrogens with one attached hydrogen (secondary N) is 2. The van der Waals surface area contributed by atoms with Gasteiger partial charge in [0.15, 0.2) is 5.58 Å². The Balaban J connectivity index is 1.74. The highest BCUT2D eigenvalue weighted by atomic mass is 79.9. The molecule has 0 aliphatic rings. The Bertz CT molecular complexity index is 1040. The molecular formula is C19H16BrN3O4. The normalized spacial score (nSPS) is 10.9. The number of aromatic nitrogens is 1. The summed E-state index contributed by atoms with van der Waals surface area (Å²) in [6.07, 6.45) is 3.00. The van der Waals surface area contributed by atoms with E-state index in [1.165, 1.54) is 13.0 Å². The minimum Gasteiger partial charge on any atom is -0.496 e. The molecule has 2 aromatic carbocycles. The van der Waals surface area contributed by atoms with E-state index in [4.69, 9.17) is 9.15 Å². The van der Waals surface area contributed by atoms with Crippen molar-refractivity contribution >= 4 is 56.6 Å². The standard InChI is InChI=1S/C19H16BrN3O4/c1-11(24)21-14-5-6-15-17(10-14)27-19(22-15)23-18(25)8-3-12-9-13(20)4-7-16(12)26-2/h3-10H,1-2H3,(H,21,24)(H,22,23,25)/b8-3+. The van der Waals surface area contributed by atoms with Gasteiger partial charge in [-0.3, -0.25) is 14.9 Å². The van der Waals surface area contributed by atoms with Gasteiger partial charge in [0.05, 0.1) is 7.11 Å². The van der Waals surface area contributed by atoms with Crippen molar-refractivity contribution in [2.45, 2.75) is 6.92 Å². The van der Waals surface area contributed by atoms with Gasteiger partial charge in [0.1, 0.15) is 11.3 Å². The van der Waals surface area contributed by atoms with E-state index in [9.17, 15) is 9.59 Å². The maximum Gasteiger partial charge on any atom is 0.302 e. The number of benzene rings is 2. The van der Waals surface area contributed by atoms with Gasteiger partial charge < -0.3 is 14.5 Å². The molecule has 0 aliphatic carbocycles. The summed E-state index contributed by atoms with van der Waals surface area (Å²) in [5.74, 6) is 0.0655. The Morgan fingerprint density at radius 1 is 1.19 bits per heavy atom. The lowest BCUT2D eigenvalue weighted by Crippen LogP contribution is -2.07. The van der Waals surface area contributed by atoms with Crippen LogP contribution in [0.4, 0.5) is 11.7 Å². The molecule has 27 heavy (non-hydrogen) atoms. The highest BCUT2D eigenvalue weighted by Gasteiger charge is 2.09. The molecule has 0 radical (unpaired) electrons. The summed E-state index contributed by atoms with van der Waals surface area (Å²) >= 11 is 3.39. The fourth-order valence-electron chi connectivity index (χ4n) is 2.41. The van der Waals surface area contributed by atoms with E-state index >= 15 is 0 Å². The van der Waals surface area contributed by atoms with Crippen molar-refractivity contribution in [3.05, 3.63) is 52.5 Å². The van der Waals surface area contributed by atoms with Crippen molar-refractivity contribution < 1.29 is 18.7 Å². The molecule has 1 aromatic heterocycles. The van der Waals surface area contributed by atoms with E-state index in [1.807, 2.05) is 12.1 Å². The fourth-order valence-corrected chi connectivity index (χ4v) is 2.79. The largest absolute Gasteiger partial charge is 0.496 e. The molecule has 138 valence electrons. The molecule has 7 nitrogen and oxygen atoms in total. The fraction of sp³-hybridized carbons (Fsp3) is 0.105. The lowest BCUT2D eigenvalue weighted by Gasteiger charge is -2.04. The molecule has 0 atom stereocenters. The van der Waals surface area contributed by atoms with E-state index in [-0.39, 0.29) is 11.9 Å². The number of carbonyl (C=O) groups excluding carboxylic acids is 2. The Hall–Kier alpha value is -3.13. The summed E-state index contributed by atoms with van der Waals surface area (Å²) in [5, 5.41) is 5.23. The second-order valence-corrected chi connectivity index (χ2v) is 6.51. The first-order chi connectivity index (χ1) is 12.9. The van der Waals surface area contributed by atoms with Crippen LogP contribution in [0.15, 0.2) is 51.4 Å². The molecular weight excluding hydrogens is 414 g/mol. The minimum absolute atomic E-state index is 0.0702. The maximum absolute atomic E-state index is 12.2. The lowest BCUT2D eigenvalue weighted by atomic mass is 10.2. The van der Waals surface area contributed by atoms with Gasteiger partial charge in [0.2, 0.25) is 5.91 Å². The number of methoxy groups -OCH3 is 1. The molecule has 2 N–H and O–H groups in total. The molecule has 0 saturated heterocycles. The van der Waals surface area contributed by atoms with Gasteiger partial charge in [-0.1, -0.05) is 15.9 Å². The van der Waals surface area contributed by atoms with Crippen LogP contribution < -0.4 is 15.4 Å². The number of carbonyl (C=O) groups is 2. The molecule has 3 aromatic rings. The number of hydrogen-bond donors (Lipinski definition) is 2. The zero-order chi connectivity index (χ0) is 19.4. The summed E-state index contributed by atoms with van der Waals surface area (Å²) in [6, 6.07) is 10.6. The van der Waals surface area contributed by atoms with Crippen molar-refractivity contribution in [1.29, 1.82) is 0 Å². The van der Waals surface area contributed by atoms with Crippen molar-refractivity contribution in [2.75, 3.05) is 17.7 Å². The van der Waals surface area contributed by atoms with Crippen LogP contribution in [0.5, 0.6) is 5.75 Å². The van der Waals surface area contributed by atoms with Crippen LogP contribution in [0.3, 0.4) is 0 Å². The van der Waals surface area contributed by atoms with E-state index < -0.39 is 5.91 Å². The smallest absolute Gasteiger partial charge is 0.302 e. The monoisotopic (exact) mass is 429 g/mol. The van der Waals surface area contributed by atoms with Gasteiger partial charge in [0.25, 0.3) is 5.91 Å². The average Bonchev–Trinajstić information content (AvgIpc) is 3.01. The number of ether oxygens (including phenoxy) is 1. The number of anilines is 2. The molecule has 2 amide bonds. The molecule has 0 bridgehead atoms. The minimum atomic E-state index is -0.398. The van der Waals surface area contributed by atoms with Gasteiger partial charge in [-0.15, -0.1) is 0 Å². The predicted octanol–water partition coefficient (Wildman–Crippen LogP) is 4.21. The maximum atomic E-state index is 12.2. The van der Waals surface area contributed by atoms with Crippen molar-refractivity contribution in [3.63, 3.8) is 0 Å². The third-order valence-electron chi connectivity index (χ3n) is 3.54. The van der Waals surface area contributed by atoms with Crippen LogP contribution in [-0.2, 0) is 9.59 Å². The molecule has 0 unspecified atom stereocenters. The molecule has 8 heteroatoms. The number of rotatable bonds is 5. The summed E-state index contributed by atoms with van der Waals surface area (Å²) < 4.78 is 11.7. The second kappa shape index (κ2) is 8.05. The third-order valence-corrected chi connectivity index (χ3v) is 4.04. The lowest BCUT2D eigenvalue weighted by molar-refractivity contribution is -0.114. The SMILES string of the molecule is COc1ccc(Br)cc1/C=C/C(=O)Nc1nc2ccc(NC(C)=O)cc2o1. The second-order valence-electron chi connectivity index (χ2n) is 5.59. The number of fused-ring (bicyclic) bond motifs is 1. The zero-order valence-electron chi connectivity index (χ0n) is 14.6. The van der Waals surface area contributed by atoms with Crippen LogP contribution in [0.2, 0.25) is 0 Å². The third kappa shape index (κ3) is 4.73. The van der Waals surface area contributed by atoms with Gasteiger partial charge in [-0.2, -0.15) is 4.98 Å². The van der Waals surface area contributed by atoms with Crippen LogP contribution in [0.1, 0.15) is 12.5 Å². The number of nitrogens with zero attached hydrogens (tertiary/aromatic N) is 1. The van der Waals surface area contributed by atoms with E-state index in [0.717, 1.165) is 10.0 Å². The Morgan fingerprint density at radius 3 is 2.74 bits per heavy atom. The van der Waals surface area contributed by atoms with Gasteiger partial charge in [-0.25, -0.2) is 0 Å². The quantitative estimate of drug-likeness (QED) is 0.592. The summed E-state index contributed by atoms with van der Waals surface area (Å²) in [5.41, 5.74) is 2.36. The van der Waals surface area contributed by atoms with Crippen LogP contribution >= 0.6 is 15.9 Å². The van der Waals surface area contributed by atoms with Crippen molar-refractivity contribution in [2.24, 2.45) is 0 Å². The zero-order valence-corrected chi connectivity index (χ0v) is 16.2. The van der Waals surface area contributed by atoms with Gasteiger partial charge in [0, 0.05) is 34.8 Å². The molecule has 0 aliphatic heterocycles. The number of hydrogen-bond acceptors (Lipinski definition) is 5. The van der Waals surface area contributed by atoms with Crippen LogP contribution in [0.25, 0.3) is 17.2 Å². The first kappa shape index (κ1) is 18.7. The first-order valence-corrected chi connectivity index (χ1v) is 8.74. The van der Waals surface area contributed by atoms with Crippen molar-refractivity contribution in [3.8, 4) is 5.75 Å². The van der Waals surface area contributed by atoms with Crippen molar-refractivity contribution in [1.82, 2.24) is 4.98 Å². The molecule has 3 rings (SSSR count). The predicted molar refractivity (Wildman–Crippen MR) is 107 cm³/mol. The van der Waals surface area contributed by atoms with Crippen LogP contribution in [-0.4, -0.2) is 23.9 Å². The summed E-state index contributed by atoms with van der Waals surface area (Å²) in [7, 11) is 1.56. The topological polar surface area (TPSA) is 93.5 Å². The van der Waals surface area contributed by atoms with E-state index in [2.05, 4.69) is 31.5 Å². The highest BCUT2D eigenvalue weighted by molar-refractivity contribution is 9.10. The Morgan fingerprint density at radius 2 is 2.00 bits per heavy atom. The highest BCUT2D eigenvalue weighted by Crippen LogP contribution is 2.25. The van der Waals surface area contributed by atoms with Crippen LogP contribution in [0, 0.1) is 0 Å². The average molecular weight is 430 g/mol. The summed E-state index contributed by atoms with van der Waals surface area (Å²) in [6.45, 7) is 1.42. The first-order valence-electron chi connectivity index (χ1n) is 7.95. The van der Waals surface area contributed by atoms with Gasteiger partial charge >= 0.3 is 6.01 Å². The van der Waals surface area contributed by atoms with E-state index in [0.29, 0.717) is 22.5 Å². The molecule has 0 fully saturated rings. The summed E-state index contributed by atoms with van der Waals surface area (Å²) in [4.78, 5) is 27.5. The number of amides is 2. The van der Waals surface area contributed by atoms with Gasteiger partial charge in [-0.05, 0) is 36.4 Å². The molecule has 0 spiro atoms. The number of oxazole rings is 1. The Kier molecular flexibility index (Phi) is 5.56.